The minimum Gasteiger partial charge on any atom is -0.454 e. The highest BCUT2D eigenvalue weighted by molar-refractivity contribution is 9.10. The molecule has 0 spiro atoms. The molecule has 0 saturated carbocycles. The number of halogens is 3. The molecule has 0 unspecified atom stereocenters. The largest absolute Gasteiger partial charge is 0.454 e. The number of rotatable bonds is 3. The number of hydrogen-bond donors (Lipinski definition) is 2. The Hall–Kier alpha value is -1.59. The molecule has 3 N–H and O–H groups in total. The van der Waals surface area contributed by atoms with Gasteiger partial charge in [-0.3, -0.25) is 5.41 Å². The summed E-state index contributed by atoms with van der Waals surface area (Å²) in [7, 11) is 0. The van der Waals surface area contributed by atoms with Crippen LogP contribution >= 0.6 is 27.5 Å². The molecule has 0 aliphatic carbocycles. The second-order valence-electron chi connectivity index (χ2n) is 3.71. The van der Waals surface area contributed by atoms with Gasteiger partial charge in [-0.2, -0.15) is 0 Å². The average Bonchev–Trinajstić information content (AvgIpc) is 2.34. The molecule has 0 fully saturated rings. The van der Waals surface area contributed by atoms with Crippen LogP contribution in [0.15, 0.2) is 40.9 Å². The Morgan fingerprint density at radius 1 is 1.32 bits per heavy atom. The number of hydrogen-bond acceptors (Lipinski definition) is 2. The van der Waals surface area contributed by atoms with E-state index in [0.29, 0.717) is 15.8 Å². The Morgan fingerprint density at radius 3 is 2.68 bits per heavy atom. The molecule has 0 heterocycles. The second-order valence-corrected chi connectivity index (χ2v) is 4.97. The van der Waals surface area contributed by atoms with E-state index in [0.717, 1.165) is 0 Å². The Morgan fingerprint density at radius 2 is 2.05 bits per heavy atom. The van der Waals surface area contributed by atoms with E-state index < -0.39 is 5.82 Å². The van der Waals surface area contributed by atoms with E-state index in [-0.39, 0.29) is 16.6 Å². The zero-order valence-corrected chi connectivity index (χ0v) is 11.9. The van der Waals surface area contributed by atoms with E-state index in [1.807, 2.05) is 0 Å². The first-order valence-corrected chi connectivity index (χ1v) is 6.42. The van der Waals surface area contributed by atoms with Gasteiger partial charge in [0, 0.05) is 10.0 Å². The SMILES string of the molecule is N=C(N)c1ccc(Oc2cccc(Cl)c2F)cc1Br. The summed E-state index contributed by atoms with van der Waals surface area (Å²) < 4.78 is 19.7. The van der Waals surface area contributed by atoms with Crippen LogP contribution in [0.1, 0.15) is 5.56 Å². The van der Waals surface area contributed by atoms with Crippen LogP contribution in [0, 0.1) is 11.2 Å². The van der Waals surface area contributed by atoms with Crippen molar-refractivity contribution in [3.63, 3.8) is 0 Å². The topological polar surface area (TPSA) is 59.1 Å². The third-order valence-corrected chi connectivity index (χ3v) is 3.32. The minimum absolute atomic E-state index is 0.00285. The summed E-state index contributed by atoms with van der Waals surface area (Å²) in [4.78, 5) is 0. The third-order valence-electron chi connectivity index (χ3n) is 2.37. The van der Waals surface area contributed by atoms with Crippen molar-refractivity contribution < 1.29 is 9.13 Å². The zero-order chi connectivity index (χ0) is 14.0. The Kier molecular flexibility index (Phi) is 4.07. The molecule has 2 aromatic carbocycles. The fraction of sp³-hybridized carbons (Fsp3) is 0. The third kappa shape index (κ3) is 3.05. The quantitative estimate of drug-likeness (QED) is 0.644. The molecule has 0 aromatic heterocycles. The monoisotopic (exact) mass is 342 g/mol. The van der Waals surface area contributed by atoms with Gasteiger partial charge in [0.05, 0.1) is 5.02 Å². The van der Waals surface area contributed by atoms with Crippen LogP contribution in [0.25, 0.3) is 0 Å². The fourth-order valence-corrected chi connectivity index (χ4v) is 2.20. The maximum absolute atomic E-state index is 13.7. The number of ether oxygens (including phenoxy) is 1. The van der Waals surface area contributed by atoms with Gasteiger partial charge in [-0.05, 0) is 46.3 Å². The van der Waals surface area contributed by atoms with E-state index in [9.17, 15) is 4.39 Å². The fourth-order valence-electron chi connectivity index (χ4n) is 1.47. The number of nitrogens with one attached hydrogen (secondary N) is 1. The van der Waals surface area contributed by atoms with Crippen molar-refractivity contribution in [2.75, 3.05) is 0 Å². The van der Waals surface area contributed by atoms with Crippen molar-refractivity contribution in [1.82, 2.24) is 0 Å². The molecule has 0 aliphatic rings. The molecule has 6 heteroatoms. The van der Waals surface area contributed by atoms with E-state index in [4.69, 9.17) is 27.5 Å². The van der Waals surface area contributed by atoms with Crippen molar-refractivity contribution in [3.8, 4) is 11.5 Å². The predicted molar refractivity (Wildman–Crippen MR) is 76.6 cm³/mol. The highest BCUT2D eigenvalue weighted by Crippen LogP contribution is 2.31. The molecule has 0 atom stereocenters. The minimum atomic E-state index is -0.615. The smallest absolute Gasteiger partial charge is 0.184 e. The molecule has 3 nitrogen and oxygen atoms in total. The molecule has 0 aliphatic heterocycles. The summed E-state index contributed by atoms with van der Waals surface area (Å²) >= 11 is 8.94. The van der Waals surface area contributed by atoms with Crippen LogP contribution in [0.4, 0.5) is 4.39 Å². The lowest BCUT2D eigenvalue weighted by Crippen LogP contribution is -2.11. The molecule has 0 bridgehead atoms. The van der Waals surface area contributed by atoms with Gasteiger partial charge >= 0.3 is 0 Å². The molecule has 0 amide bonds. The van der Waals surface area contributed by atoms with Gasteiger partial charge in [0.2, 0.25) is 0 Å². The molecular formula is C13H9BrClFN2O. The summed E-state index contributed by atoms with van der Waals surface area (Å²) in [6, 6.07) is 9.34. The summed E-state index contributed by atoms with van der Waals surface area (Å²) in [5, 5.41) is 7.36. The lowest BCUT2D eigenvalue weighted by Gasteiger charge is -2.09. The first-order chi connectivity index (χ1) is 8.99. The van der Waals surface area contributed by atoms with E-state index in [2.05, 4.69) is 15.9 Å². The molecule has 2 rings (SSSR count). The van der Waals surface area contributed by atoms with Crippen molar-refractivity contribution in [2.45, 2.75) is 0 Å². The summed E-state index contributed by atoms with van der Waals surface area (Å²) in [5.41, 5.74) is 5.94. The number of benzene rings is 2. The van der Waals surface area contributed by atoms with Crippen LogP contribution < -0.4 is 10.5 Å². The summed E-state index contributed by atoms with van der Waals surface area (Å²) in [5.74, 6) is -0.226. The molecular weight excluding hydrogens is 335 g/mol. The molecule has 98 valence electrons. The summed E-state index contributed by atoms with van der Waals surface area (Å²) in [6.45, 7) is 0. The highest BCUT2D eigenvalue weighted by atomic mass is 79.9. The Bertz CT molecular complexity index is 649. The van der Waals surface area contributed by atoms with Gasteiger partial charge in [-0.15, -0.1) is 0 Å². The van der Waals surface area contributed by atoms with Crippen LogP contribution in [0.3, 0.4) is 0 Å². The van der Waals surface area contributed by atoms with Crippen LogP contribution in [-0.4, -0.2) is 5.84 Å². The first kappa shape index (κ1) is 13.8. The average molecular weight is 344 g/mol. The predicted octanol–water partition coefficient (Wildman–Crippen LogP) is 4.32. The second kappa shape index (κ2) is 5.59. The Balaban J connectivity index is 2.32. The van der Waals surface area contributed by atoms with E-state index in [1.165, 1.54) is 12.1 Å². The Labute approximate surface area is 122 Å². The molecule has 2 aromatic rings. The lowest BCUT2D eigenvalue weighted by molar-refractivity contribution is 0.442. The van der Waals surface area contributed by atoms with Crippen LogP contribution in [0.5, 0.6) is 11.5 Å². The van der Waals surface area contributed by atoms with Gasteiger partial charge in [0.15, 0.2) is 11.6 Å². The molecule has 0 radical (unpaired) electrons. The van der Waals surface area contributed by atoms with Crippen molar-refractivity contribution in [3.05, 3.63) is 57.3 Å². The van der Waals surface area contributed by atoms with E-state index in [1.54, 1.807) is 24.3 Å². The van der Waals surface area contributed by atoms with Gasteiger partial charge in [0.1, 0.15) is 11.6 Å². The maximum Gasteiger partial charge on any atom is 0.184 e. The van der Waals surface area contributed by atoms with Crippen molar-refractivity contribution >= 4 is 33.4 Å². The van der Waals surface area contributed by atoms with Gasteiger partial charge < -0.3 is 10.5 Å². The number of nitrogens with two attached hydrogens (primary N) is 1. The van der Waals surface area contributed by atoms with Crippen molar-refractivity contribution in [1.29, 1.82) is 5.41 Å². The first-order valence-electron chi connectivity index (χ1n) is 5.25. The van der Waals surface area contributed by atoms with Crippen molar-refractivity contribution in [2.24, 2.45) is 5.73 Å². The van der Waals surface area contributed by atoms with Gasteiger partial charge in [0.25, 0.3) is 0 Å². The number of nitrogen functional groups attached to an aromatic ring is 1. The van der Waals surface area contributed by atoms with Crippen LogP contribution in [0.2, 0.25) is 5.02 Å². The normalized spacial score (nSPS) is 10.3. The van der Waals surface area contributed by atoms with Gasteiger partial charge in [-0.1, -0.05) is 17.7 Å². The molecule has 19 heavy (non-hydrogen) atoms. The lowest BCUT2D eigenvalue weighted by atomic mass is 10.2. The maximum atomic E-state index is 13.7. The highest BCUT2D eigenvalue weighted by Gasteiger charge is 2.10. The summed E-state index contributed by atoms with van der Waals surface area (Å²) in [6.07, 6.45) is 0. The van der Waals surface area contributed by atoms with E-state index >= 15 is 0 Å². The standard InChI is InChI=1S/C13H9BrClFN2O/c14-9-6-7(4-5-8(9)13(17)18)19-11-3-1-2-10(15)12(11)16/h1-6H,(H3,17,18). The molecule has 0 saturated heterocycles. The van der Waals surface area contributed by atoms with Gasteiger partial charge in [-0.25, -0.2) is 4.39 Å². The zero-order valence-electron chi connectivity index (χ0n) is 9.58. The number of amidine groups is 1. The van der Waals surface area contributed by atoms with Crippen LogP contribution in [-0.2, 0) is 0 Å².